The molecule has 0 aliphatic carbocycles. The van der Waals surface area contributed by atoms with Crippen molar-refractivity contribution in [3.8, 4) is 5.75 Å². The number of para-hydroxylation sites is 1. The number of carbonyl (C=O) groups is 1. The lowest BCUT2D eigenvalue weighted by molar-refractivity contribution is -0.116. The Morgan fingerprint density at radius 2 is 1.88 bits per heavy atom. The fourth-order valence-electron chi connectivity index (χ4n) is 3.04. The summed E-state index contributed by atoms with van der Waals surface area (Å²) in [4.78, 5) is 23.4. The normalized spacial score (nSPS) is 11.4. The largest absolute Gasteiger partial charge is 0.497 e. The van der Waals surface area contributed by atoms with Gasteiger partial charge in [0.2, 0.25) is 5.91 Å². The van der Waals surface area contributed by atoms with E-state index in [1.807, 2.05) is 6.07 Å². The Bertz CT molecular complexity index is 1360. The van der Waals surface area contributed by atoms with Gasteiger partial charge in [0.15, 0.2) is 15.0 Å². The number of rotatable bonds is 7. The van der Waals surface area contributed by atoms with Gasteiger partial charge in [-0.2, -0.15) is 0 Å². The molecule has 0 saturated carbocycles. The second kappa shape index (κ2) is 9.23. The predicted molar refractivity (Wildman–Crippen MR) is 125 cm³/mol. The molecule has 32 heavy (non-hydrogen) atoms. The van der Waals surface area contributed by atoms with Crippen LogP contribution in [0.25, 0.3) is 10.2 Å². The highest BCUT2D eigenvalue weighted by molar-refractivity contribution is 7.92. The lowest BCUT2D eigenvalue weighted by Crippen LogP contribution is -2.35. The number of fused-ring (bicyclic) bond motifs is 1. The molecule has 0 saturated heterocycles. The number of halogens is 1. The van der Waals surface area contributed by atoms with Crippen LogP contribution in [0.5, 0.6) is 5.75 Å². The first-order chi connectivity index (χ1) is 15.4. The molecule has 2 heterocycles. The number of benzene rings is 2. The molecule has 0 unspecified atom stereocenters. The number of thiazole rings is 1. The third-order valence-electron chi connectivity index (χ3n) is 4.67. The van der Waals surface area contributed by atoms with Crippen LogP contribution in [-0.2, 0) is 21.2 Å². The van der Waals surface area contributed by atoms with Crippen molar-refractivity contribution in [1.82, 2.24) is 9.97 Å². The molecule has 0 spiro atoms. The van der Waals surface area contributed by atoms with E-state index in [-0.39, 0.29) is 11.4 Å². The summed E-state index contributed by atoms with van der Waals surface area (Å²) in [5.41, 5.74) is 1.17. The van der Waals surface area contributed by atoms with E-state index in [0.717, 1.165) is 4.70 Å². The molecule has 0 radical (unpaired) electrons. The number of hydrogen-bond donors (Lipinski definition) is 0. The molecule has 164 valence electrons. The van der Waals surface area contributed by atoms with Gasteiger partial charge >= 0.3 is 0 Å². The van der Waals surface area contributed by atoms with Crippen molar-refractivity contribution in [3.63, 3.8) is 0 Å². The number of anilines is 1. The quantitative estimate of drug-likeness (QED) is 0.384. The first-order valence-electron chi connectivity index (χ1n) is 9.49. The van der Waals surface area contributed by atoms with Gasteiger partial charge in [0.05, 0.1) is 34.0 Å². The van der Waals surface area contributed by atoms with Gasteiger partial charge in [-0.1, -0.05) is 35.1 Å². The summed E-state index contributed by atoms with van der Waals surface area (Å²) in [6.07, 6.45) is 1.61. The van der Waals surface area contributed by atoms with E-state index in [0.29, 0.717) is 27.1 Å². The lowest BCUT2D eigenvalue weighted by Gasteiger charge is -2.19. The lowest BCUT2D eigenvalue weighted by atomic mass is 10.3. The second-order valence-corrected chi connectivity index (χ2v) is 10.2. The summed E-state index contributed by atoms with van der Waals surface area (Å²) in [7, 11) is -2.39. The summed E-state index contributed by atoms with van der Waals surface area (Å²) < 4.78 is 31.7. The highest BCUT2D eigenvalue weighted by atomic mass is 35.5. The van der Waals surface area contributed by atoms with Crippen LogP contribution in [0.3, 0.4) is 0 Å². The molecule has 7 nitrogen and oxygen atoms in total. The zero-order chi connectivity index (χ0) is 22.7. The predicted octanol–water partition coefficient (Wildman–Crippen LogP) is 4.36. The summed E-state index contributed by atoms with van der Waals surface area (Å²) in [5.74, 6) is -0.796. The molecule has 2 aromatic heterocycles. The molecule has 0 atom stereocenters. The molecule has 10 heteroatoms. The van der Waals surface area contributed by atoms with E-state index in [1.165, 1.54) is 35.5 Å². The highest BCUT2D eigenvalue weighted by Gasteiger charge is 2.27. The molecule has 0 N–H and O–H groups in total. The summed E-state index contributed by atoms with van der Waals surface area (Å²) in [6.45, 7) is 0.0786. The van der Waals surface area contributed by atoms with Gasteiger partial charge in [-0.05, 0) is 48.5 Å². The van der Waals surface area contributed by atoms with Gasteiger partial charge in [0.25, 0.3) is 0 Å². The zero-order valence-electron chi connectivity index (χ0n) is 16.9. The molecule has 0 fully saturated rings. The molecule has 4 aromatic rings. The number of nitrogens with zero attached hydrogens (tertiary/aromatic N) is 3. The van der Waals surface area contributed by atoms with Crippen molar-refractivity contribution in [1.29, 1.82) is 0 Å². The van der Waals surface area contributed by atoms with Crippen molar-refractivity contribution in [2.75, 3.05) is 17.8 Å². The van der Waals surface area contributed by atoms with E-state index in [9.17, 15) is 13.2 Å². The van der Waals surface area contributed by atoms with Crippen LogP contribution in [0.15, 0.2) is 71.8 Å². The summed E-state index contributed by atoms with van der Waals surface area (Å²) in [6, 6.07) is 16.6. The maximum Gasteiger partial charge on any atom is 0.244 e. The number of pyridine rings is 1. The van der Waals surface area contributed by atoms with Gasteiger partial charge in [0, 0.05) is 6.20 Å². The van der Waals surface area contributed by atoms with Crippen molar-refractivity contribution in [2.45, 2.75) is 11.4 Å². The van der Waals surface area contributed by atoms with E-state index < -0.39 is 21.5 Å². The molecule has 1 amide bonds. The fourth-order valence-corrected chi connectivity index (χ4v) is 5.52. The number of ether oxygens (including phenoxy) is 1. The Balaban J connectivity index is 1.68. The van der Waals surface area contributed by atoms with E-state index in [2.05, 4.69) is 9.97 Å². The minimum atomic E-state index is -3.88. The van der Waals surface area contributed by atoms with Crippen LogP contribution in [0.4, 0.5) is 5.13 Å². The van der Waals surface area contributed by atoms with Gasteiger partial charge in [-0.15, -0.1) is 0 Å². The highest BCUT2D eigenvalue weighted by Crippen LogP contribution is 2.33. The molecular weight excluding hydrogens is 470 g/mol. The third kappa shape index (κ3) is 4.74. The SMILES string of the molecule is COc1ccc(S(=O)(=O)CC(=O)N(Cc2ccccn2)c2nc3c(Cl)cccc3s2)cc1. The number of amides is 1. The van der Waals surface area contributed by atoms with Crippen molar-refractivity contribution in [2.24, 2.45) is 0 Å². The van der Waals surface area contributed by atoms with Gasteiger partial charge in [-0.25, -0.2) is 13.4 Å². The maximum absolute atomic E-state index is 13.2. The number of aromatic nitrogens is 2. The second-order valence-electron chi connectivity index (χ2n) is 6.82. The Kier molecular flexibility index (Phi) is 6.40. The monoisotopic (exact) mass is 487 g/mol. The molecular formula is C22H18ClN3O4S2. The molecule has 0 aliphatic heterocycles. The third-order valence-corrected chi connectivity index (χ3v) is 7.63. The van der Waals surface area contributed by atoms with Gasteiger partial charge in [0.1, 0.15) is 17.0 Å². The first-order valence-corrected chi connectivity index (χ1v) is 12.3. The van der Waals surface area contributed by atoms with Crippen LogP contribution in [0.2, 0.25) is 5.02 Å². The van der Waals surface area contributed by atoms with Crippen LogP contribution in [-0.4, -0.2) is 37.2 Å². The molecule has 0 aliphatic rings. The topological polar surface area (TPSA) is 89.5 Å². The number of hydrogen-bond acceptors (Lipinski definition) is 7. The number of sulfone groups is 1. The minimum absolute atomic E-state index is 0.0387. The van der Waals surface area contributed by atoms with Crippen molar-refractivity contribution >= 4 is 54.0 Å². The van der Waals surface area contributed by atoms with Crippen molar-refractivity contribution < 1.29 is 17.9 Å². The Labute approximate surface area is 194 Å². The summed E-state index contributed by atoms with van der Waals surface area (Å²) >= 11 is 7.51. The standard InChI is InChI=1S/C22H18ClN3O4S2/c1-30-16-8-10-17(11-9-16)32(28,29)14-20(27)26(13-15-5-2-3-12-24-15)22-25-21-18(23)6-4-7-19(21)31-22/h2-12H,13-14H2,1H3. The van der Waals surface area contributed by atoms with Gasteiger partial charge in [-0.3, -0.25) is 14.7 Å². The Morgan fingerprint density at radius 3 is 2.53 bits per heavy atom. The van der Waals surface area contributed by atoms with Gasteiger partial charge < -0.3 is 4.74 Å². The first kappa shape index (κ1) is 22.2. The van der Waals surface area contributed by atoms with E-state index in [4.69, 9.17) is 16.3 Å². The van der Waals surface area contributed by atoms with Crippen molar-refractivity contribution in [3.05, 3.63) is 77.6 Å². The summed E-state index contributed by atoms with van der Waals surface area (Å²) in [5, 5.41) is 0.815. The Morgan fingerprint density at radius 1 is 1.09 bits per heavy atom. The smallest absolute Gasteiger partial charge is 0.244 e. The minimum Gasteiger partial charge on any atom is -0.497 e. The zero-order valence-corrected chi connectivity index (χ0v) is 19.3. The number of methoxy groups -OCH3 is 1. The fraction of sp³-hybridized carbons (Fsp3) is 0.136. The van der Waals surface area contributed by atoms with E-state index >= 15 is 0 Å². The van der Waals surface area contributed by atoms with Crippen LogP contribution in [0.1, 0.15) is 5.69 Å². The molecule has 2 aromatic carbocycles. The Hall–Kier alpha value is -3.01. The van der Waals surface area contributed by atoms with Crippen LogP contribution >= 0.6 is 22.9 Å². The average molecular weight is 488 g/mol. The van der Waals surface area contributed by atoms with Crippen LogP contribution < -0.4 is 9.64 Å². The average Bonchev–Trinajstić information content (AvgIpc) is 3.23. The number of carbonyl (C=O) groups excluding carboxylic acids is 1. The molecule has 0 bridgehead atoms. The maximum atomic E-state index is 13.2. The van der Waals surface area contributed by atoms with Crippen LogP contribution in [0, 0.1) is 0 Å². The van der Waals surface area contributed by atoms with E-state index in [1.54, 1.807) is 48.7 Å². The molecule has 4 rings (SSSR count).